The summed E-state index contributed by atoms with van der Waals surface area (Å²) in [5.74, 6) is 0. The lowest BCUT2D eigenvalue weighted by molar-refractivity contribution is 0.0108. The van der Waals surface area contributed by atoms with Crippen molar-refractivity contribution in [3.05, 3.63) is 30.1 Å². The van der Waals surface area contributed by atoms with Gasteiger partial charge in [0, 0.05) is 25.0 Å². The summed E-state index contributed by atoms with van der Waals surface area (Å²) in [5, 5.41) is 0. The van der Waals surface area contributed by atoms with E-state index in [4.69, 9.17) is 10.5 Å². The van der Waals surface area contributed by atoms with Gasteiger partial charge in [0.05, 0.1) is 0 Å². The van der Waals surface area contributed by atoms with Gasteiger partial charge < -0.3 is 15.4 Å². The Morgan fingerprint density at radius 3 is 2.55 bits per heavy atom. The third-order valence-electron chi connectivity index (χ3n) is 4.19. The lowest BCUT2D eigenvalue weighted by Gasteiger charge is -2.41. The zero-order valence-corrected chi connectivity index (χ0v) is 13.8. The first kappa shape index (κ1) is 16.7. The number of nitrogens with two attached hydrogens (primary N) is 1. The second-order valence-corrected chi connectivity index (χ2v) is 7.17. The first-order valence-corrected chi connectivity index (χ1v) is 7.91. The number of ether oxygens (including phenoxy) is 1. The van der Waals surface area contributed by atoms with Gasteiger partial charge in [-0.2, -0.15) is 0 Å². The van der Waals surface area contributed by atoms with Crippen molar-refractivity contribution in [3.8, 4) is 0 Å². The molecule has 0 atom stereocenters. The van der Waals surface area contributed by atoms with E-state index in [0.717, 1.165) is 25.0 Å². The van der Waals surface area contributed by atoms with Gasteiger partial charge in [0.2, 0.25) is 0 Å². The predicted octanol–water partition coefficient (Wildman–Crippen LogP) is 2.60. The Hall–Kier alpha value is -1.62. The van der Waals surface area contributed by atoms with Crippen molar-refractivity contribution < 1.29 is 9.53 Å². The van der Waals surface area contributed by atoms with E-state index < -0.39 is 5.60 Å². The molecule has 1 amide bonds. The summed E-state index contributed by atoms with van der Waals surface area (Å²) in [6.07, 6.45) is 4.23. The molecule has 5 nitrogen and oxygen atoms in total. The first-order valence-electron chi connectivity index (χ1n) is 7.91. The number of hydrogen-bond acceptors (Lipinski definition) is 4. The molecule has 2 heterocycles. The second-order valence-electron chi connectivity index (χ2n) is 7.17. The Morgan fingerprint density at radius 1 is 1.36 bits per heavy atom. The van der Waals surface area contributed by atoms with Crippen molar-refractivity contribution >= 4 is 6.09 Å². The largest absolute Gasteiger partial charge is 0.444 e. The molecule has 1 aliphatic heterocycles. The fourth-order valence-corrected chi connectivity index (χ4v) is 2.83. The van der Waals surface area contributed by atoms with Crippen molar-refractivity contribution in [1.29, 1.82) is 0 Å². The highest BCUT2D eigenvalue weighted by atomic mass is 16.6. The Morgan fingerprint density at radius 2 is 2.05 bits per heavy atom. The normalized spacial score (nSPS) is 18.1. The molecule has 0 bridgehead atoms. The molecule has 2 N–H and O–H groups in total. The zero-order chi connectivity index (χ0) is 16.2. The second kappa shape index (κ2) is 6.65. The van der Waals surface area contributed by atoms with Crippen LogP contribution in [0.5, 0.6) is 0 Å². The van der Waals surface area contributed by atoms with Crippen LogP contribution in [-0.2, 0) is 11.2 Å². The molecule has 1 aromatic rings. The van der Waals surface area contributed by atoms with Crippen molar-refractivity contribution in [2.75, 3.05) is 19.6 Å². The topological polar surface area (TPSA) is 68.5 Å². The summed E-state index contributed by atoms with van der Waals surface area (Å²) in [4.78, 5) is 18.3. The van der Waals surface area contributed by atoms with E-state index in [9.17, 15) is 4.79 Å². The molecule has 5 heteroatoms. The minimum absolute atomic E-state index is 0.0346. The van der Waals surface area contributed by atoms with Gasteiger partial charge in [-0.25, -0.2) is 4.79 Å². The summed E-state index contributed by atoms with van der Waals surface area (Å²) in [5.41, 5.74) is 6.70. The third kappa shape index (κ3) is 4.44. The maximum atomic E-state index is 12.1. The van der Waals surface area contributed by atoms with E-state index in [1.165, 1.54) is 0 Å². The molecule has 1 fully saturated rings. The summed E-state index contributed by atoms with van der Waals surface area (Å²) in [7, 11) is 0. The molecule has 122 valence electrons. The monoisotopic (exact) mass is 305 g/mol. The minimum Gasteiger partial charge on any atom is -0.444 e. The van der Waals surface area contributed by atoms with Crippen LogP contribution in [0.15, 0.2) is 24.4 Å². The zero-order valence-electron chi connectivity index (χ0n) is 13.8. The number of piperidine rings is 1. The van der Waals surface area contributed by atoms with Gasteiger partial charge in [-0.15, -0.1) is 0 Å². The number of amides is 1. The van der Waals surface area contributed by atoms with Crippen molar-refractivity contribution in [3.63, 3.8) is 0 Å². The molecule has 0 aliphatic carbocycles. The Balaban J connectivity index is 1.95. The minimum atomic E-state index is -0.451. The highest BCUT2D eigenvalue weighted by Crippen LogP contribution is 2.34. The van der Waals surface area contributed by atoms with Gasteiger partial charge >= 0.3 is 6.09 Å². The molecule has 1 aliphatic rings. The van der Waals surface area contributed by atoms with Crippen molar-refractivity contribution in [1.82, 2.24) is 9.88 Å². The summed E-state index contributed by atoms with van der Waals surface area (Å²) >= 11 is 0. The summed E-state index contributed by atoms with van der Waals surface area (Å²) in [6, 6.07) is 5.96. The smallest absolute Gasteiger partial charge is 0.410 e. The molecule has 0 aromatic carbocycles. The van der Waals surface area contributed by atoms with E-state index in [-0.39, 0.29) is 11.5 Å². The Bertz CT molecular complexity index is 488. The Kier molecular flexibility index (Phi) is 5.06. The lowest BCUT2D eigenvalue weighted by Crippen LogP contribution is -2.48. The number of rotatable bonds is 3. The fraction of sp³-hybridized carbons (Fsp3) is 0.647. The molecule has 0 saturated carbocycles. The van der Waals surface area contributed by atoms with Crippen molar-refractivity contribution in [2.45, 2.75) is 45.6 Å². The summed E-state index contributed by atoms with van der Waals surface area (Å²) in [6.45, 7) is 7.67. The van der Waals surface area contributed by atoms with Crippen LogP contribution < -0.4 is 5.73 Å². The number of carbonyl (C=O) groups is 1. The predicted molar refractivity (Wildman–Crippen MR) is 86.5 cm³/mol. The fourth-order valence-electron chi connectivity index (χ4n) is 2.83. The molecule has 2 rings (SSSR count). The van der Waals surface area contributed by atoms with Crippen LogP contribution >= 0.6 is 0 Å². The van der Waals surface area contributed by atoms with E-state index >= 15 is 0 Å². The van der Waals surface area contributed by atoms with Crippen LogP contribution in [-0.4, -0.2) is 41.2 Å². The van der Waals surface area contributed by atoms with Crippen LogP contribution in [0, 0.1) is 5.41 Å². The van der Waals surface area contributed by atoms with Crippen LogP contribution in [0.25, 0.3) is 0 Å². The standard InChI is InChI=1S/C17H27N3O2/c1-16(2,3)22-15(21)20-10-7-17(13-18,8-11-20)12-14-6-4-5-9-19-14/h4-6,9H,7-8,10-13,18H2,1-3H3. The molecule has 22 heavy (non-hydrogen) atoms. The van der Waals surface area contributed by atoms with E-state index in [1.54, 1.807) is 4.90 Å². The van der Waals surface area contributed by atoms with Gasteiger partial charge in [-0.1, -0.05) is 6.07 Å². The highest BCUT2D eigenvalue weighted by Gasteiger charge is 2.36. The Labute approximate surface area is 132 Å². The lowest BCUT2D eigenvalue weighted by atomic mass is 9.75. The molecule has 1 saturated heterocycles. The number of hydrogen-bond donors (Lipinski definition) is 1. The molecular formula is C17H27N3O2. The van der Waals surface area contributed by atoms with Gasteiger partial charge in [-0.05, 0) is 64.1 Å². The number of aromatic nitrogens is 1. The van der Waals surface area contributed by atoms with Gasteiger partial charge in [0.15, 0.2) is 0 Å². The number of pyridine rings is 1. The third-order valence-corrected chi connectivity index (χ3v) is 4.19. The van der Waals surface area contributed by atoms with Crippen LogP contribution in [0.3, 0.4) is 0 Å². The molecule has 0 radical (unpaired) electrons. The average Bonchev–Trinajstić information content (AvgIpc) is 2.47. The quantitative estimate of drug-likeness (QED) is 0.932. The van der Waals surface area contributed by atoms with Gasteiger partial charge in [-0.3, -0.25) is 4.98 Å². The SMILES string of the molecule is CC(C)(C)OC(=O)N1CCC(CN)(Cc2ccccn2)CC1. The number of likely N-dealkylation sites (tertiary alicyclic amines) is 1. The highest BCUT2D eigenvalue weighted by molar-refractivity contribution is 5.68. The summed E-state index contributed by atoms with van der Waals surface area (Å²) < 4.78 is 5.44. The molecule has 1 aromatic heterocycles. The molecule has 0 spiro atoms. The maximum Gasteiger partial charge on any atom is 0.410 e. The number of carbonyl (C=O) groups excluding carboxylic acids is 1. The van der Waals surface area contributed by atoms with Gasteiger partial charge in [0.1, 0.15) is 5.60 Å². The van der Waals surface area contributed by atoms with E-state index in [2.05, 4.69) is 4.98 Å². The van der Waals surface area contributed by atoms with Crippen molar-refractivity contribution in [2.24, 2.45) is 11.1 Å². The molecule has 0 unspecified atom stereocenters. The first-order chi connectivity index (χ1) is 10.3. The van der Waals surface area contributed by atoms with E-state index in [0.29, 0.717) is 19.6 Å². The average molecular weight is 305 g/mol. The number of nitrogens with zero attached hydrogens (tertiary/aromatic N) is 2. The van der Waals surface area contributed by atoms with Crippen LogP contribution in [0.1, 0.15) is 39.3 Å². The molecular weight excluding hydrogens is 278 g/mol. The van der Waals surface area contributed by atoms with Crippen LogP contribution in [0.2, 0.25) is 0 Å². The maximum absolute atomic E-state index is 12.1. The van der Waals surface area contributed by atoms with E-state index in [1.807, 2.05) is 45.2 Å². The van der Waals surface area contributed by atoms with Gasteiger partial charge in [0.25, 0.3) is 0 Å². The van der Waals surface area contributed by atoms with Crippen LogP contribution in [0.4, 0.5) is 4.79 Å².